The Labute approximate surface area is 117 Å². The maximum Gasteiger partial charge on any atom is 0.222 e. The van der Waals surface area contributed by atoms with Crippen LogP contribution in [0.1, 0.15) is 33.6 Å². The van der Waals surface area contributed by atoms with Crippen molar-refractivity contribution in [3.8, 4) is 0 Å². The van der Waals surface area contributed by atoms with Crippen molar-refractivity contribution in [2.24, 2.45) is 11.8 Å². The van der Waals surface area contributed by atoms with Gasteiger partial charge in [-0.05, 0) is 25.2 Å². The Morgan fingerprint density at radius 1 is 1.37 bits per heavy atom. The number of amides is 1. The van der Waals surface area contributed by atoms with Crippen molar-refractivity contribution in [1.82, 2.24) is 4.90 Å². The van der Waals surface area contributed by atoms with Crippen LogP contribution in [0.25, 0.3) is 0 Å². The molecule has 3 nitrogen and oxygen atoms in total. The minimum Gasteiger partial charge on any atom is -0.378 e. The molecule has 0 N–H and O–H groups in total. The van der Waals surface area contributed by atoms with E-state index < -0.39 is 0 Å². The van der Waals surface area contributed by atoms with E-state index in [9.17, 15) is 4.79 Å². The molecule has 1 aliphatic heterocycles. The van der Waals surface area contributed by atoms with E-state index in [2.05, 4.69) is 32.6 Å². The van der Waals surface area contributed by atoms with Gasteiger partial charge >= 0.3 is 0 Å². The number of hydrogen-bond acceptors (Lipinski definition) is 2. The smallest absolute Gasteiger partial charge is 0.222 e. The van der Waals surface area contributed by atoms with Gasteiger partial charge in [0.15, 0.2) is 0 Å². The molecule has 0 aromatic carbocycles. The zero-order chi connectivity index (χ0) is 14.3. The molecule has 1 aliphatic rings. The predicted molar refractivity (Wildman–Crippen MR) is 78.9 cm³/mol. The summed E-state index contributed by atoms with van der Waals surface area (Å²) >= 11 is 0. The van der Waals surface area contributed by atoms with Gasteiger partial charge < -0.3 is 9.64 Å². The molecule has 1 amide bonds. The second-order valence-electron chi connectivity index (χ2n) is 5.65. The SMILES string of the molecule is C=C(C)/C=C/C(CCC(=O)N1CCOCC1)C(C)C. The second kappa shape index (κ2) is 8.16. The normalized spacial score (nSPS) is 18.0. The molecule has 0 bridgehead atoms. The van der Waals surface area contributed by atoms with E-state index in [4.69, 9.17) is 4.74 Å². The van der Waals surface area contributed by atoms with Crippen molar-refractivity contribution < 1.29 is 9.53 Å². The zero-order valence-electron chi connectivity index (χ0n) is 12.5. The molecule has 1 fully saturated rings. The van der Waals surface area contributed by atoms with Crippen LogP contribution in [0.2, 0.25) is 0 Å². The standard InChI is InChI=1S/C16H27NO2/c1-13(2)5-6-15(14(3)4)7-8-16(18)17-9-11-19-12-10-17/h5-6,14-15H,1,7-12H2,2-4H3/b6-5+. The minimum atomic E-state index is 0.262. The first-order chi connectivity index (χ1) is 9.00. The highest BCUT2D eigenvalue weighted by Crippen LogP contribution is 2.20. The average molecular weight is 265 g/mol. The summed E-state index contributed by atoms with van der Waals surface area (Å²) in [6.45, 7) is 13.1. The summed E-state index contributed by atoms with van der Waals surface area (Å²) in [7, 11) is 0. The number of rotatable bonds is 6. The Balaban J connectivity index is 2.42. The Morgan fingerprint density at radius 2 is 2.00 bits per heavy atom. The Bertz CT molecular complexity index is 328. The zero-order valence-corrected chi connectivity index (χ0v) is 12.5. The molecule has 3 heteroatoms. The maximum absolute atomic E-state index is 12.1. The molecule has 1 saturated heterocycles. The van der Waals surface area contributed by atoms with Crippen LogP contribution >= 0.6 is 0 Å². The minimum absolute atomic E-state index is 0.262. The van der Waals surface area contributed by atoms with Gasteiger partial charge in [0, 0.05) is 19.5 Å². The lowest BCUT2D eigenvalue weighted by Gasteiger charge is -2.27. The van der Waals surface area contributed by atoms with Gasteiger partial charge in [-0.25, -0.2) is 0 Å². The van der Waals surface area contributed by atoms with E-state index in [1.165, 1.54) is 0 Å². The summed E-state index contributed by atoms with van der Waals surface area (Å²) in [6, 6.07) is 0. The quantitative estimate of drug-likeness (QED) is 0.691. The van der Waals surface area contributed by atoms with Crippen molar-refractivity contribution in [1.29, 1.82) is 0 Å². The van der Waals surface area contributed by atoms with Crippen LogP contribution < -0.4 is 0 Å². The maximum atomic E-state index is 12.1. The number of morpholine rings is 1. The fraction of sp³-hybridized carbons (Fsp3) is 0.688. The van der Waals surface area contributed by atoms with E-state index in [1.807, 2.05) is 11.8 Å². The highest BCUT2D eigenvalue weighted by atomic mass is 16.5. The van der Waals surface area contributed by atoms with Gasteiger partial charge in [-0.1, -0.05) is 38.2 Å². The average Bonchev–Trinajstić information content (AvgIpc) is 2.38. The Hall–Kier alpha value is -1.09. The van der Waals surface area contributed by atoms with Crippen LogP contribution in [-0.2, 0) is 9.53 Å². The highest BCUT2D eigenvalue weighted by molar-refractivity contribution is 5.76. The molecule has 1 unspecified atom stereocenters. The van der Waals surface area contributed by atoms with Gasteiger partial charge in [0.05, 0.1) is 13.2 Å². The first-order valence-electron chi connectivity index (χ1n) is 7.20. The first-order valence-corrected chi connectivity index (χ1v) is 7.20. The van der Waals surface area contributed by atoms with Crippen molar-refractivity contribution >= 4 is 5.91 Å². The monoisotopic (exact) mass is 265 g/mol. The van der Waals surface area contributed by atoms with Gasteiger partial charge in [-0.15, -0.1) is 0 Å². The molecule has 19 heavy (non-hydrogen) atoms. The lowest BCUT2D eigenvalue weighted by atomic mass is 9.90. The number of allylic oxidation sites excluding steroid dienone is 3. The van der Waals surface area contributed by atoms with Crippen LogP contribution in [0.5, 0.6) is 0 Å². The molecular weight excluding hydrogens is 238 g/mol. The van der Waals surface area contributed by atoms with Crippen LogP contribution in [0.4, 0.5) is 0 Å². The van der Waals surface area contributed by atoms with E-state index in [0.717, 1.165) is 25.1 Å². The molecular formula is C16H27NO2. The summed E-state index contributed by atoms with van der Waals surface area (Å²) in [5, 5.41) is 0. The van der Waals surface area contributed by atoms with Gasteiger partial charge in [0.25, 0.3) is 0 Å². The van der Waals surface area contributed by atoms with Gasteiger partial charge in [-0.3, -0.25) is 4.79 Å². The molecule has 0 aromatic heterocycles. The summed E-state index contributed by atoms with van der Waals surface area (Å²) in [5.41, 5.74) is 1.06. The van der Waals surface area contributed by atoms with Crippen LogP contribution in [0.3, 0.4) is 0 Å². The number of hydrogen-bond donors (Lipinski definition) is 0. The van der Waals surface area contributed by atoms with Crippen molar-refractivity contribution in [3.05, 3.63) is 24.3 Å². The predicted octanol–water partition coefficient (Wildman–Crippen LogP) is 3.03. The lowest BCUT2D eigenvalue weighted by molar-refractivity contribution is -0.135. The molecule has 0 saturated carbocycles. The van der Waals surface area contributed by atoms with E-state index in [1.54, 1.807) is 0 Å². The van der Waals surface area contributed by atoms with Gasteiger partial charge in [0.1, 0.15) is 0 Å². The Morgan fingerprint density at radius 3 is 2.53 bits per heavy atom. The highest BCUT2D eigenvalue weighted by Gasteiger charge is 2.18. The molecule has 1 atom stereocenters. The van der Waals surface area contributed by atoms with Gasteiger partial charge in [0.2, 0.25) is 5.91 Å². The number of carbonyl (C=O) groups is 1. The fourth-order valence-corrected chi connectivity index (χ4v) is 2.20. The topological polar surface area (TPSA) is 29.5 Å². The summed E-state index contributed by atoms with van der Waals surface area (Å²) in [4.78, 5) is 14.0. The Kier molecular flexibility index (Phi) is 6.85. The summed E-state index contributed by atoms with van der Waals surface area (Å²) in [6.07, 6.45) is 5.80. The van der Waals surface area contributed by atoms with Crippen molar-refractivity contribution in [3.63, 3.8) is 0 Å². The third-order valence-corrected chi connectivity index (χ3v) is 3.54. The first kappa shape index (κ1) is 16.0. The largest absolute Gasteiger partial charge is 0.378 e. The molecule has 108 valence electrons. The summed E-state index contributed by atoms with van der Waals surface area (Å²) < 4.78 is 5.26. The third-order valence-electron chi connectivity index (χ3n) is 3.54. The van der Waals surface area contributed by atoms with Crippen LogP contribution in [0, 0.1) is 11.8 Å². The van der Waals surface area contributed by atoms with Crippen molar-refractivity contribution in [2.75, 3.05) is 26.3 Å². The third kappa shape index (κ3) is 6.06. The fourth-order valence-electron chi connectivity index (χ4n) is 2.20. The number of nitrogens with zero attached hydrogens (tertiary/aromatic N) is 1. The van der Waals surface area contributed by atoms with E-state index in [-0.39, 0.29) is 5.91 Å². The number of carbonyl (C=O) groups excluding carboxylic acids is 1. The summed E-state index contributed by atoms with van der Waals surface area (Å²) in [5.74, 6) is 1.26. The van der Waals surface area contributed by atoms with E-state index >= 15 is 0 Å². The van der Waals surface area contributed by atoms with Crippen molar-refractivity contribution in [2.45, 2.75) is 33.6 Å². The lowest BCUT2D eigenvalue weighted by Crippen LogP contribution is -2.40. The van der Waals surface area contributed by atoms with E-state index in [0.29, 0.717) is 31.5 Å². The second-order valence-corrected chi connectivity index (χ2v) is 5.65. The molecule has 1 heterocycles. The molecule has 1 rings (SSSR count). The van der Waals surface area contributed by atoms with Crippen LogP contribution in [0.15, 0.2) is 24.3 Å². The van der Waals surface area contributed by atoms with Crippen LogP contribution in [-0.4, -0.2) is 37.1 Å². The molecule has 0 radical (unpaired) electrons. The molecule has 0 aliphatic carbocycles. The molecule has 0 spiro atoms. The molecule has 0 aromatic rings. The number of ether oxygens (including phenoxy) is 1. The van der Waals surface area contributed by atoms with Gasteiger partial charge in [-0.2, -0.15) is 0 Å².